The maximum Gasteiger partial charge on any atom is 0.275 e. The van der Waals surface area contributed by atoms with E-state index in [1.807, 2.05) is 4.90 Å². The van der Waals surface area contributed by atoms with Crippen molar-refractivity contribution in [3.8, 4) is 11.5 Å². The van der Waals surface area contributed by atoms with Crippen LogP contribution in [0.2, 0.25) is 0 Å². The summed E-state index contributed by atoms with van der Waals surface area (Å²) in [6.07, 6.45) is 0. The fraction of sp³-hybridized carbons (Fsp3) is 0.318. The van der Waals surface area contributed by atoms with Crippen molar-refractivity contribution in [2.45, 2.75) is 0 Å². The number of Topliss-reactive ketones (excluding diaryl/α,β-unsaturated/α-hetero) is 1. The van der Waals surface area contributed by atoms with Gasteiger partial charge in [0, 0.05) is 43.2 Å². The van der Waals surface area contributed by atoms with Gasteiger partial charge >= 0.3 is 0 Å². The molecule has 1 aliphatic rings. The number of halogens is 1. The Hall–Kier alpha value is -3.46. The average Bonchev–Trinajstić information content (AvgIpc) is 3.21. The first-order valence-electron chi connectivity index (χ1n) is 9.90. The van der Waals surface area contributed by atoms with Crippen LogP contribution in [-0.4, -0.2) is 78.6 Å². The topological polar surface area (TPSA) is 87.8 Å². The number of ether oxygens (including phenoxy) is 2. The van der Waals surface area contributed by atoms with Gasteiger partial charge in [0.05, 0.1) is 26.3 Å². The molecule has 2 aromatic carbocycles. The van der Waals surface area contributed by atoms with Crippen LogP contribution in [0.15, 0.2) is 36.4 Å². The van der Waals surface area contributed by atoms with E-state index in [1.165, 1.54) is 31.4 Å². The number of ketones is 1. The molecule has 1 fully saturated rings. The molecule has 9 heteroatoms. The number of hydrogen-bond donors (Lipinski definition) is 1. The summed E-state index contributed by atoms with van der Waals surface area (Å²) in [6, 6.07) is 9.03. The van der Waals surface area contributed by atoms with Crippen LogP contribution < -0.4 is 9.47 Å². The van der Waals surface area contributed by atoms with Gasteiger partial charge in [-0.1, -0.05) is 0 Å². The lowest BCUT2D eigenvalue weighted by Crippen LogP contribution is -2.50. The normalized spacial score (nSPS) is 14.6. The van der Waals surface area contributed by atoms with E-state index in [0.717, 1.165) is 0 Å². The zero-order valence-electron chi connectivity index (χ0n) is 17.4. The fourth-order valence-electron chi connectivity index (χ4n) is 3.70. The van der Waals surface area contributed by atoms with Crippen LogP contribution in [0.5, 0.6) is 11.5 Å². The largest absolute Gasteiger partial charge is 0.493 e. The number of carbonyl (C=O) groups is 2. The van der Waals surface area contributed by atoms with Crippen molar-refractivity contribution in [2.75, 3.05) is 46.9 Å². The second-order valence-corrected chi connectivity index (χ2v) is 7.32. The van der Waals surface area contributed by atoms with Crippen LogP contribution in [0, 0.1) is 5.82 Å². The maximum atomic E-state index is 13.1. The van der Waals surface area contributed by atoms with Gasteiger partial charge in [-0.05, 0) is 30.3 Å². The second kappa shape index (κ2) is 8.73. The van der Waals surface area contributed by atoms with Crippen LogP contribution >= 0.6 is 0 Å². The van der Waals surface area contributed by atoms with Gasteiger partial charge in [-0.2, -0.15) is 5.10 Å². The highest BCUT2D eigenvalue weighted by Crippen LogP contribution is 2.33. The summed E-state index contributed by atoms with van der Waals surface area (Å²) < 4.78 is 23.7. The average molecular weight is 426 g/mol. The van der Waals surface area contributed by atoms with Gasteiger partial charge in [0.15, 0.2) is 23.0 Å². The Kier molecular flexibility index (Phi) is 5.85. The van der Waals surface area contributed by atoms with Gasteiger partial charge in [0.2, 0.25) is 0 Å². The molecule has 0 spiro atoms. The summed E-state index contributed by atoms with van der Waals surface area (Å²) in [6.45, 7) is 2.33. The van der Waals surface area contributed by atoms with Crippen molar-refractivity contribution in [1.82, 2.24) is 20.0 Å². The number of aromatic amines is 1. The highest BCUT2D eigenvalue weighted by molar-refractivity contribution is 6.05. The highest BCUT2D eigenvalue weighted by Gasteiger charge is 2.27. The minimum Gasteiger partial charge on any atom is -0.493 e. The minimum absolute atomic E-state index is 0.0703. The van der Waals surface area contributed by atoms with Gasteiger partial charge in [0.1, 0.15) is 5.82 Å². The Morgan fingerprint density at radius 1 is 1.03 bits per heavy atom. The lowest BCUT2D eigenvalue weighted by Gasteiger charge is -2.34. The smallest absolute Gasteiger partial charge is 0.275 e. The molecule has 1 N–H and O–H groups in total. The number of benzene rings is 2. The zero-order valence-corrected chi connectivity index (χ0v) is 17.4. The van der Waals surface area contributed by atoms with Crippen molar-refractivity contribution in [3.05, 3.63) is 53.5 Å². The van der Waals surface area contributed by atoms with E-state index >= 15 is 0 Å². The van der Waals surface area contributed by atoms with Crippen molar-refractivity contribution in [1.29, 1.82) is 0 Å². The summed E-state index contributed by atoms with van der Waals surface area (Å²) in [7, 11) is 3.09. The number of amides is 1. The molecule has 162 valence electrons. The summed E-state index contributed by atoms with van der Waals surface area (Å²) in [4.78, 5) is 29.2. The second-order valence-electron chi connectivity index (χ2n) is 7.32. The molecule has 0 radical (unpaired) electrons. The molecule has 1 aliphatic heterocycles. The highest BCUT2D eigenvalue weighted by atomic mass is 19.1. The van der Waals surface area contributed by atoms with Crippen LogP contribution in [0.25, 0.3) is 10.9 Å². The molecule has 1 aromatic heterocycles. The van der Waals surface area contributed by atoms with Crippen molar-refractivity contribution < 1.29 is 23.5 Å². The van der Waals surface area contributed by atoms with E-state index in [9.17, 15) is 14.0 Å². The molecular formula is C22H23FN4O4. The molecule has 4 rings (SSSR count). The van der Waals surface area contributed by atoms with Gasteiger partial charge in [-0.15, -0.1) is 0 Å². The molecule has 8 nitrogen and oxygen atoms in total. The third-order valence-corrected chi connectivity index (χ3v) is 5.46. The van der Waals surface area contributed by atoms with E-state index in [-0.39, 0.29) is 24.1 Å². The lowest BCUT2D eigenvalue weighted by molar-refractivity contribution is 0.0621. The molecule has 2 heterocycles. The van der Waals surface area contributed by atoms with Crippen LogP contribution in [-0.2, 0) is 0 Å². The molecule has 1 amide bonds. The summed E-state index contributed by atoms with van der Waals surface area (Å²) in [5, 5.41) is 7.75. The third-order valence-electron chi connectivity index (χ3n) is 5.46. The van der Waals surface area contributed by atoms with Crippen LogP contribution in [0.4, 0.5) is 4.39 Å². The molecular weight excluding hydrogens is 403 g/mol. The standard InChI is InChI=1S/C22H23FN4O4/c1-30-19-11-16-17(12-20(19)31-2)24-25-21(16)22(29)27-9-7-26(8-10-27)13-18(28)14-3-5-15(23)6-4-14/h3-6,11-12H,7-10,13H2,1-2H3,(H,24,25). The Bertz CT molecular complexity index is 1100. The Balaban J connectivity index is 1.41. The van der Waals surface area contributed by atoms with Crippen molar-refractivity contribution >= 4 is 22.6 Å². The summed E-state index contributed by atoms with van der Waals surface area (Å²) >= 11 is 0. The first-order valence-corrected chi connectivity index (χ1v) is 9.90. The summed E-state index contributed by atoms with van der Waals surface area (Å²) in [5.41, 5.74) is 1.49. The Morgan fingerprint density at radius 2 is 1.68 bits per heavy atom. The number of fused-ring (bicyclic) bond motifs is 1. The SMILES string of the molecule is COc1cc2[nH]nc(C(=O)N3CCN(CC(=O)c4ccc(F)cc4)CC3)c2cc1OC. The van der Waals surface area contributed by atoms with Crippen LogP contribution in [0.1, 0.15) is 20.8 Å². The number of piperazine rings is 1. The molecule has 0 saturated carbocycles. The van der Waals surface area contributed by atoms with E-state index in [0.29, 0.717) is 59.8 Å². The number of aromatic nitrogens is 2. The fourth-order valence-corrected chi connectivity index (χ4v) is 3.70. The molecule has 31 heavy (non-hydrogen) atoms. The van der Waals surface area contributed by atoms with E-state index in [4.69, 9.17) is 9.47 Å². The van der Waals surface area contributed by atoms with Gasteiger partial charge in [0.25, 0.3) is 5.91 Å². The molecule has 0 unspecified atom stereocenters. The van der Waals surface area contributed by atoms with Gasteiger partial charge < -0.3 is 14.4 Å². The quantitative estimate of drug-likeness (QED) is 0.609. The third kappa shape index (κ3) is 4.22. The van der Waals surface area contributed by atoms with Crippen LogP contribution in [0.3, 0.4) is 0 Å². The van der Waals surface area contributed by atoms with Crippen molar-refractivity contribution in [2.24, 2.45) is 0 Å². The van der Waals surface area contributed by atoms with E-state index in [2.05, 4.69) is 10.2 Å². The minimum atomic E-state index is -0.370. The van der Waals surface area contributed by atoms with E-state index in [1.54, 1.807) is 24.1 Å². The number of H-pyrrole nitrogens is 1. The summed E-state index contributed by atoms with van der Waals surface area (Å²) in [5.74, 6) is 0.458. The predicted molar refractivity (Wildman–Crippen MR) is 112 cm³/mol. The number of carbonyl (C=O) groups excluding carboxylic acids is 2. The predicted octanol–water partition coefficient (Wildman–Crippen LogP) is 2.36. The number of nitrogens with zero attached hydrogens (tertiary/aromatic N) is 3. The number of nitrogens with one attached hydrogen (secondary N) is 1. The first kappa shape index (κ1) is 20.8. The molecule has 0 bridgehead atoms. The monoisotopic (exact) mass is 426 g/mol. The van der Waals surface area contributed by atoms with E-state index < -0.39 is 0 Å². The molecule has 1 saturated heterocycles. The molecule has 3 aromatic rings. The van der Waals surface area contributed by atoms with Crippen molar-refractivity contribution in [3.63, 3.8) is 0 Å². The van der Waals surface area contributed by atoms with Gasteiger partial charge in [-0.25, -0.2) is 4.39 Å². The number of hydrogen-bond acceptors (Lipinski definition) is 6. The molecule has 0 aliphatic carbocycles. The number of methoxy groups -OCH3 is 2. The Labute approximate surface area is 178 Å². The lowest BCUT2D eigenvalue weighted by atomic mass is 10.1. The molecule has 0 atom stereocenters. The first-order chi connectivity index (χ1) is 15.0. The number of rotatable bonds is 6. The Morgan fingerprint density at radius 3 is 2.32 bits per heavy atom. The van der Waals surface area contributed by atoms with Gasteiger partial charge in [-0.3, -0.25) is 19.6 Å². The maximum absolute atomic E-state index is 13.1. The zero-order chi connectivity index (χ0) is 22.0.